The first-order valence-corrected chi connectivity index (χ1v) is 22.7. The molecule has 0 spiro atoms. The van der Waals surface area contributed by atoms with Crippen molar-refractivity contribution < 1.29 is 0 Å². The summed E-state index contributed by atoms with van der Waals surface area (Å²) in [6, 6.07) is 0.421. The van der Waals surface area contributed by atoms with Gasteiger partial charge < -0.3 is 11.1 Å². The summed E-state index contributed by atoms with van der Waals surface area (Å²) in [7, 11) is 0. The molecule has 2 heteroatoms. The molecule has 0 aromatic rings. The quantitative estimate of drug-likeness (QED) is 0.182. The van der Waals surface area contributed by atoms with Gasteiger partial charge in [-0.25, -0.2) is 0 Å². The maximum Gasteiger partial charge on any atom is 0.0267 e. The van der Waals surface area contributed by atoms with Gasteiger partial charge in [-0.2, -0.15) is 0 Å². The third-order valence-corrected chi connectivity index (χ3v) is 15.1. The molecule has 0 saturated heterocycles. The highest BCUT2D eigenvalue weighted by Gasteiger charge is 2.64. The monoisotopic (exact) mass is 741 g/mol. The van der Waals surface area contributed by atoms with E-state index in [1.165, 1.54) is 105 Å². The minimum absolute atomic E-state index is 0.421. The number of nitrogens with two attached hydrogens (primary N) is 1. The molecule has 0 aromatic heterocycles. The lowest BCUT2D eigenvalue weighted by atomic mass is 9.37. The Balaban J connectivity index is 0.000000794. The third kappa shape index (κ3) is 10.7. The zero-order chi connectivity index (χ0) is 40.4. The van der Waals surface area contributed by atoms with Crippen LogP contribution < -0.4 is 11.1 Å². The lowest BCUT2D eigenvalue weighted by Crippen LogP contribution is -2.62. The molecule has 5 fully saturated rings. The van der Waals surface area contributed by atoms with E-state index in [1.54, 1.807) is 5.57 Å². The number of allylic oxidation sites excluding steroid dienone is 9. The lowest BCUT2D eigenvalue weighted by molar-refractivity contribution is -0.184. The van der Waals surface area contributed by atoms with E-state index >= 15 is 0 Å². The van der Waals surface area contributed by atoms with Gasteiger partial charge in [0.25, 0.3) is 0 Å². The van der Waals surface area contributed by atoms with Gasteiger partial charge in [-0.05, 0) is 187 Å². The van der Waals surface area contributed by atoms with Gasteiger partial charge in [0, 0.05) is 18.3 Å². The predicted octanol–water partition coefficient (Wildman–Crippen LogP) is 15.0. The van der Waals surface area contributed by atoms with Gasteiger partial charge in [-0.15, -0.1) is 6.58 Å². The predicted molar refractivity (Wildman–Crippen MR) is 241 cm³/mol. The maximum atomic E-state index is 6.64. The van der Waals surface area contributed by atoms with E-state index in [4.69, 9.17) is 5.73 Å². The van der Waals surface area contributed by atoms with Crippen molar-refractivity contribution in [1.82, 2.24) is 5.32 Å². The van der Waals surface area contributed by atoms with Gasteiger partial charge >= 0.3 is 0 Å². The number of hydrogen-bond donors (Lipinski definition) is 2. The van der Waals surface area contributed by atoms with E-state index < -0.39 is 0 Å². The van der Waals surface area contributed by atoms with Crippen LogP contribution in [-0.4, -0.2) is 12.6 Å². The van der Waals surface area contributed by atoms with Crippen molar-refractivity contribution in [3.05, 3.63) is 83.7 Å². The van der Waals surface area contributed by atoms with Gasteiger partial charge in [0.2, 0.25) is 0 Å². The topological polar surface area (TPSA) is 38.0 Å². The van der Waals surface area contributed by atoms with Crippen molar-refractivity contribution in [2.24, 2.45) is 57.5 Å². The first-order chi connectivity index (χ1) is 25.5. The van der Waals surface area contributed by atoms with Crippen molar-refractivity contribution in [3.8, 4) is 0 Å². The van der Waals surface area contributed by atoms with Crippen molar-refractivity contribution in [2.75, 3.05) is 6.54 Å². The first-order valence-electron chi connectivity index (χ1n) is 22.7. The second kappa shape index (κ2) is 20.4. The Labute approximate surface area is 336 Å². The zero-order valence-corrected chi connectivity index (χ0v) is 37.7. The smallest absolute Gasteiger partial charge is 0.0267 e. The van der Waals surface area contributed by atoms with E-state index in [2.05, 4.69) is 98.3 Å². The Morgan fingerprint density at radius 1 is 0.796 bits per heavy atom. The number of rotatable bonds is 9. The summed E-state index contributed by atoms with van der Waals surface area (Å²) in [6.07, 6.45) is 28.0. The molecule has 10 unspecified atom stereocenters. The van der Waals surface area contributed by atoms with Gasteiger partial charge in [0.15, 0.2) is 0 Å². The van der Waals surface area contributed by atoms with Crippen LogP contribution in [0.1, 0.15) is 179 Å². The van der Waals surface area contributed by atoms with Gasteiger partial charge in [0.05, 0.1) is 0 Å². The highest BCUT2D eigenvalue weighted by atomic mass is 14.9. The standard InChI is InChI=1S/C43H66N2.C4H8.C3H8.C2H6/c1-28(2)24-33-14-13-32(26-34(33)25-29(3)4)12-11-30(5)45-27-43-20-9-10-38(43)35-15-16-40-41(7)22-19-39(44)31(6)36(41)17-21-42(40,8)37(35)18-23-43;1-4(2)3;1-3-2;1-2/h11-12,26,31,35-40,45H,1,3,5,9-10,13-25,27,44H2,2,4,6-8H3;1H2,2-3H3;3H2,1-2H3;1-2H3/b12-11+;;;. The largest absolute Gasteiger partial charge is 0.385 e. The summed E-state index contributed by atoms with van der Waals surface area (Å²) in [4.78, 5) is 0. The molecule has 6 aliphatic rings. The fraction of sp³-hybridized carbons (Fsp3) is 0.731. The molecule has 0 heterocycles. The van der Waals surface area contributed by atoms with Crippen molar-refractivity contribution in [1.29, 1.82) is 0 Å². The summed E-state index contributed by atoms with van der Waals surface area (Å²) in [5.41, 5.74) is 17.3. The minimum atomic E-state index is 0.421. The second-order valence-electron chi connectivity index (χ2n) is 19.8. The Bertz CT molecular complexity index is 1380. The summed E-state index contributed by atoms with van der Waals surface area (Å²) in [5.74, 6) is 5.17. The molecule has 6 aliphatic carbocycles. The average Bonchev–Trinajstić information content (AvgIpc) is 3.54. The highest BCUT2D eigenvalue weighted by molar-refractivity contribution is 5.42. The highest BCUT2D eigenvalue weighted by Crippen LogP contribution is 2.71. The van der Waals surface area contributed by atoms with Crippen LogP contribution in [0.5, 0.6) is 0 Å². The molecule has 0 amide bonds. The van der Waals surface area contributed by atoms with Crippen LogP contribution in [0.4, 0.5) is 0 Å². The maximum absolute atomic E-state index is 6.64. The van der Waals surface area contributed by atoms with Crippen molar-refractivity contribution in [3.63, 3.8) is 0 Å². The number of hydrogen-bond acceptors (Lipinski definition) is 2. The Morgan fingerprint density at radius 3 is 2.02 bits per heavy atom. The van der Waals surface area contributed by atoms with E-state index in [9.17, 15) is 0 Å². The molecule has 3 N–H and O–H groups in total. The Hall–Kier alpha value is -2.06. The Kier molecular flexibility index (Phi) is 17.5. The molecule has 0 bridgehead atoms. The summed E-state index contributed by atoms with van der Waals surface area (Å²) in [6.45, 7) is 42.0. The van der Waals surface area contributed by atoms with Crippen LogP contribution in [0.2, 0.25) is 0 Å². The van der Waals surface area contributed by atoms with Crippen LogP contribution in [0.3, 0.4) is 0 Å². The summed E-state index contributed by atoms with van der Waals surface area (Å²) >= 11 is 0. The third-order valence-electron chi connectivity index (χ3n) is 15.1. The molecule has 10 atom stereocenters. The van der Waals surface area contributed by atoms with E-state index in [1.807, 2.05) is 27.7 Å². The minimum Gasteiger partial charge on any atom is -0.385 e. The van der Waals surface area contributed by atoms with Crippen LogP contribution in [0.15, 0.2) is 83.7 Å². The normalized spacial score (nSPS) is 36.5. The average molecular weight is 741 g/mol. The molecule has 5 saturated carbocycles. The molecule has 6 rings (SSSR count). The molecule has 54 heavy (non-hydrogen) atoms. The summed E-state index contributed by atoms with van der Waals surface area (Å²) in [5, 5.41) is 3.89. The molecule has 0 aliphatic heterocycles. The summed E-state index contributed by atoms with van der Waals surface area (Å²) < 4.78 is 0. The second-order valence-corrected chi connectivity index (χ2v) is 19.8. The fourth-order valence-corrected chi connectivity index (χ4v) is 12.9. The van der Waals surface area contributed by atoms with Crippen molar-refractivity contribution in [2.45, 2.75) is 185 Å². The van der Waals surface area contributed by atoms with Crippen LogP contribution in [0.25, 0.3) is 0 Å². The molecule has 0 radical (unpaired) electrons. The fourth-order valence-electron chi connectivity index (χ4n) is 12.9. The van der Waals surface area contributed by atoms with Crippen LogP contribution >= 0.6 is 0 Å². The van der Waals surface area contributed by atoms with Crippen molar-refractivity contribution >= 4 is 0 Å². The van der Waals surface area contributed by atoms with Gasteiger partial charge in [-0.1, -0.05) is 115 Å². The molecular weight excluding hydrogens is 653 g/mol. The van der Waals surface area contributed by atoms with E-state index in [0.29, 0.717) is 28.2 Å². The molecular formula is C52H88N2. The zero-order valence-electron chi connectivity index (χ0n) is 37.7. The first kappa shape index (κ1) is 46.3. The van der Waals surface area contributed by atoms with Crippen LogP contribution in [-0.2, 0) is 0 Å². The number of nitrogens with one attached hydrogen (secondary N) is 1. The van der Waals surface area contributed by atoms with Gasteiger partial charge in [0.1, 0.15) is 0 Å². The SMILES string of the molecule is C=C(C)C.C=C(C)CC1=C(CC(=C)C)CCC(/C=C/C(=C)NCC23CCCC2C2CCC4C5(C)CCC(N)C(C)C5CCC4(C)C2CC3)=C1.CC.CCC. The Morgan fingerprint density at radius 2 is 1.39 bits per heavy atom. The lowest BCUT2D eigenvalue weighted by Gasteiger charge is -2.68. The molecule has 2 nitrogen and oxygen atoms in total. The van der Waals surface area contributed by atoms with Gasteiger partial charge in [-0.3, -0.25) is 0 Å². The number of fused-ring (bicyclic) bond motifs is 7. The van der Waals surface area contributed by atoms with E-state index in [-0.39, 0.29) is 0 Å². The molecule has 306 valence electrons. The molecule has 0 aromatic carbocycles. The van der Waals surface area contributed by atoms with Crippen LogP contribution in [0, 0.1) is 51.8 Å². The van der Waals surface area contributed by atoms with E-state index in [0.717, 1.165) is 67.5 Å².